The van der Waals surface area contributed by atoms with E-state index in [1.807, 2.05) is 11.8 Å². The molecule has 0 saturated carbocycles. The molecule has 0 radical (unpaired) electrons. The fraction of sp³-hybridized carbons (Fsp3) is 0.688. The summed E-state index contributed by atoms with van der Waals surface area (Å²) in [6, 6.07) is 4.28. The Morgan fingerprint density at radius 1 is 1.06 bits per heavy atom. The number of unbranched alkanes of at least 4 members (excludes halogenated alkanes) is 6. The Morgan fingerprint density at radius 3 is 2.50 bits per heavy atom. The van der Waals surface area contributed by atoms with Crippen molar-refractivity contribution in [1.82, 2.24) is 0 Å². The Balaban J connectivity index is 1.92. The van der Waals surface area contributed by atoms with E-state index in [0.717, 1.165) is 5.88 Å². The van der Waals surface area contributed by atoms with E-state index in [1.54, 1.807) is 0 Å². The lowest BCUT2D eigenvalue weighted by atomic mass is 10.1. The topological polar surface area (TPSA) is 3.88 Å². The lowest BCUT2D eigenvalue weighted by molar-refractivity contribution is -0.676. The van der Waals surface area contributed by atoms with Gasteiger partial charge in [0.1, 0.15) is 0 Å². The molecule has 0 saturated heterocycles. The minimum Gasteiger partial charge on any atom is -0.195 e. The van der Waals surface area contributed by atoms with Crippen molar-refractivity contribution in [3.05, 3.63) is 30.1 Å². The van der Waals surface area contributed by atoms with Gasteiger partial charge in [-0.25, -0.2) is 0 Å². The average molecular weight is 266 g/mol. The van der Waals surface area contributed by atoms with Crippen LogP contribution in [-0.4, -0.2) is 5.75 Å². The van der Waals surface area contributed by atoms with Crippen molar-refractivity contribution in [3.8, 4) is 0 Å². The molecule has 0 aliphatic rings. The Morgan fingerprint density at radius 2 is 1.78 bits per heavy atom. The number of nitrogens with zero attached hydrogens (tertiary/aromatic N) is 1. The summed E-state index contributed by atoms with van der Waals surface area (Å²) in [4.78, 5) is 0. The fourth-order valence-corrected chi connectivity index (χ4v) is 2.97. The molecule has 0 unspecified atom stereocenters. The number of hydrogen-bond acceptors (Lipinski definition) is 1. The molecule has 0 fully saturated rings. The van der Waals surface area contributed by atoms with Crippen LogP contribution in [0.1, 0.15) is 57.4 Å². The minimum atomic E-state index is 1.09. The molecule has 0 amide bonds. The zero-order valence-electron chi connectivity index (χ0n) is 12.0. The number of aryl methyl sites for hydroxylation is 1. The number of aromatic nitrogens is 1. The van der Waals surface area contributed by atoms with E-state index >= 15 is 0 Å². The molecule has 0 aromatic carbocycles. The zero-order valence-corrected chi connectivity index (χ0v) is 12.8. The van der Waals surface area contributed by atoms with Crippen molar-refractivity contribution >= 4 is 11.8 Å². The van der Waals surface area contributed by atoms with Gasteiger partial charge in [0.25, 0.3) is 0 Å². The van der Waals surface area contributed by atoms with Crippen molar-refractivity contribution in [3.63, 3.8) is 0 Å². The van der Waals surface area contributed by atoms with Gasteiger partial charge in [-0.15, -0.1) is 0 Å². The largest absolute Gasteiger partial charge is 0.195 e. The van der Waals surface area contributed by atoms with E-state index in [1.165, 1.54) is 56.3 Å². The lowest BCUT2D eigenvalue weighted by Gasteiger charge is -2.01. The van der Waals surface area contributed by atoms with E-state index in [4.69, 9.17) is 0 Å². The molecule has 0 N–H and O–H groups in total. The van der Waals surface area contributed by atoms with Crippen molar-refractivity contribution < 1.29 is 4.57 Å². The number of rotatable bonds is 10. The second-order valence-corrected chi connectivity index (χ2v) is 6.13. The average Bonchev–Trinajstić information content (AvgIpc) is 2.37. The highest BCUT2D eigenvalue weighted by molar-refractivity contribution is 7.98. The normalized spacial score (nSPS) is 10.8. The van der Waals surface area contributed by atoms with E-state index < -0.39 is 0 Å². The summed E-state index contributed by atoms with van der Waals surface area (Å²) >= 11 is 2.05. The van der Waals surface area contributed by atoms with Crippen LogP contribution in [0.25, 0.3) is 0 Å². The van der Waals surface area contributed by atoms with Crippen LogP contribution in [0, 0.1) is 6.92 Å². The van der Waals surface area contributed by atoms with E-state index in [0.29, 0.717) is 0 Å². The van der Waals surface area contributed by atoms with Gasteiger partial charge in [0.05, 0.1) is 0 Å². The van der Waals surface area contributed by atoms with Crippen LogP contribution in [0.4, 0.5) is 0 Å². The van der Waals surface area contributed by atoms with Crippen molar-refractivity contribution in [2.75, 3.05) is 5.75 Å². The van der Waals surface area contributed by atoms with Crippen LogP contribution < -0.4 is 4.57 Å². The molecule has 0 aliphatic heterocycles. The van der Waals surface area contributed by atoms with Gasteiger partial charge in [0, 0.05) is 11.6 Å². The molecular weight excluding hydrogens is 238 g/mol. The number of pyridine rings is 1. The SMILES string of the molecule is CCCCCCCCCSC[n+]1cccc(C)c1. The molecular formula is C16H28NS+. The number of hydrogen-bond donors (Lipinski definition) is 0. The molecule has 1 aromatic rings. The Hall–Kier alpha value is -0.500. The zero-order chi connectivity index (χ0) is 13.1. The highest BCUT2D eigenvalue weighted by Crippen LogP contribution is 2.10. The fourth-order valence-electron chi connectivity index (χ4n) is 2.06. The first kappa shape index (κ1) is 15.6. The van der Waals surface area contributed by atoms with E-state index in [2.05, 4.69) is 42.9 Å². The predicted octanol–water partition coefficient (Wildman–Crippen LogP) is 4.72. The third kappa shape index (κ3) is 7.75. The van der Waals surface area contributed by atoms with Crippen molar-refractivity contribution in [2.45, 2.75) is 64.7 Å². The van der Waals surface area contributed by atoms with Crippen molar-refractivity contribution in [1.29, 1.82) is 0 Å². The first-order chi connectivity index (χ1) is 8.83. The van der Waals surface area contributed by atoms with Gasteiger partial charge in [0.2, 0.25) is 0 Å². The second-order valence-electron chi connectivity index (χ2n) is 5.05. The molecule has 2 heteroatoms. The van der Waals surface area contributed by atoms with E-state index in [-0.39, 0.29) is 0 Å². The molecule has 1 aromatic heterocycles. The number of thioether (sulfide) groups is 1. The Bertz CT molecular complexity index is 312. The van der Waals surface area contributed by atoms with Gasteiger partial charge in [-0.05, 0) is 25.2 Å². The summed E-state index contributed by atoms with van der Waals surface area (Å²) < 4.78 is 2.28. The molecule has 0 aliphatic carbocycles. The van der Waals surface area contributed by atoms with Gasteiger partial charge >= 0.3 is 0 Å². The molecule has 0 spiro atoms. The monoisotopic (exact) mass is 266 g/mol. The molecule has 1 nitrogen and oxygen atoms in total. The Kier molecular flexibility index (Phi) is 9.01. The smallest absolute Gasteiger partial charge is 0.194 e. The van der Waals surface area contributed by atoms with Crippen LogP contribution in [0.2, 0.25) is 0 Å². The van der Waals surface area contributed by atoms with E-state index in [9.17, 15) is 0 Å². The quantitative estimate of drug-likeness (QED) is 0.437. The van der Waals surface area contributed by atoms with Gasteiger partial charge in [0.15, 0.2) is 18.3 Å². The highest BCUT2D eigenvalue weighted by Gasteiger charge is 1.99. The van der Waals surface area contributed by atoms with Crippen LogP contribution in [0.15, 0.2) is 24.5 Å². The standard InChI is InChI=1S/C16H28NS/c1-3-4-5-6-7-8-9-13-18-15-17-12-10-11-16(2)14-17/h10-12,14H,3-9,13,15H2,1-2H3/q+1. The van der Waals surface area contributed by atoms with Crippen LogP contribution >= 0.6 is 11.8 Å². The molecule has 0 atom stereocenters. The molecule has 18 heavy (non-hydrogen) atoms. The molecule has 102 valence electrons. The van der Waals surface area contributed by atoms with Crippen molar-refractivity contribution in [2.24, 2.45) is 0 Å². The predicted molar refractivity (Wildman–Crippen MR) is 81.8 cm³/mol. The molecule has 1 heterocycles. The van der Waals surface area contributed by atoms with Crippen LogP contribution in [0.3, 0.4) is 0 Å². The summed E-state index contributed by atoms with van der Waals surface area (Å²) in [5, 5.41) is 0. The minimum absolute atomic E-state index is 1.09. The summed E-state index contributed by atoms with van der Waals surface area (Å²) in [5.41, 5.74) is 1.34. The third-order valence-corrected chi connectivity index (χ3v) is 4.20. The molecule has 0 bridgehead atoms. The maximum absolute atomic E-state index is 2.28. The second kappa shape index (κ2) is 10.4. The lowest BCUT2D eigenvalue weighted by Crippen LogP contribution is -2.31. The highest BCUT2D eigenvalue weighted by atomic mass is 32.2. The summed E-state index contributed by atoms with van der Waals surface area (Å²) in [6.07, 6.45) is 14.2. The van der Waals surface area contributed by atoms with Gasteiger partial charge in [-0.3, -0.25) is 0 Å². The maximum atomic E-state index is 2.28. The van der Waals surface area contributed by atoms with Gasteiger partial charge < -0.3 is 0 Å². The van der Waals surface area contributed by atoms with Crippen LogP contribution in [-0.2, 0) is 5.88 Å². The first-order valence-corrected chi connectivity index (χ1v) is 8.52. The van der Waals surface area contributed by atoms with Crippen LogP contribution in [0.5, 0.6) is 0 Å². The Labute approximate surface area is 117 Å². The third-order valence-electron chi connectivity index (χ3n) is 3.14. The van der Waals surface area contributed by atoms with Gasteiger partial charge in [-0.2, -0.15) is 4.57 Å². The summed E-state index contributed by atoms with van der Waals surface area (Å²) in [7, 11) is 0. The van der Waals surface area contributed by atoms with Gasteiger partial charge in [-0.1, -0.05) is 57.2 Å². The molecule has 1 rings (SSSR count). The summed E-state index contributed by atoms with van der Waals surface area (Å²) in [6.45, 7) is 4.43. The first-order valence-electron chi connectivity index (χ1n) is 7.36. The summed E-state index contributed by atoms with van der Waals surface area (Å²) in [5.74, 6) is 2.40. The maximum Gasteiger partial charge on any atom is 0.194 e.